The molecule has 2 aromatic carbocycles. The van der Waals surface area contributed by atoms with Gasteiger partial charge in [-0.2, -0.15) is 0 Å². The van der Waals surface area contributed by atoms with Crippen LogP contribution in [0.15, 0.2) is 51.4 Å². The molecule has 0 N–H and O–H groups in total. The van der Waals surface area contributed by atoms with E-state index in [2.05, 4.69) is 76.1 Å². The maximum Gasteiger partial charge on any atom is 0.140 e. The van der Waals surface area contributed by atoms with Crippen molar-refractivity contribution < 1.29 is 0 Å². The first-order chi connectivity index (χ1) is 7.18. The highest BCUT2D eigenvalue weighted by Gasteiger charge is 2.05. The van der Waals surface area contributed by atoms with Crippen molar-refractivity contribution in [1.29, 1.82) is 0 Å². The van der Waals surface area contributed by atoms with Crippen LogP contribution < -0.4 is 5.46 Å². The normalized spacial score (nSPS) is 10.3. The van der Waals surface area contributed by atoms with Gasteiger partial charge in [0.05, 0.1) is 0 Å². The number of hydrogen-bond acceptors (Lipinski definition) is 0. The predicted octanol–water partition coefficient (Wildman–Crippen LogP) is 3.14. The van der Waals surface area contributed by atoms with Crippen LogP contribution in [0.2, 0.25) is 0 Å². The molecule has 3 heteroatoms. The summed E-state index contributed by atoms with van der Waals surface area (Å²) in [5.41, 5.74) is 3.78. The van der Waals surface area contributed by atoms with E-state index in [9.17, 15) is 0 Å². The lowest BCUT2D eigenvalue weighted by atomic mass is 9.87. The molecule has 0 atom stereocenters. The fraction of sp³-hybridized carbons (Fsp3) is 0. The van der Waals surface area contributed by atoms with Crippen molar-refractivity contribution in [3.05, 3.63) is 51.4 Å². The SMILES string of the molecule is Bc1ccccc1-c1cc(Br)ccc1Br. The highest BCUT2D eigenvalue weighted by atomic mass is 79.9. The summed E-state index contributed by atoms with van der Waals surface area (Å²) in [6.07, 6.45) is 0. The lowest BCUT2D eigenvalue weighted by Crippen LogP contribution is -2.05. The molecule has 15 heavy (non-hydrogen) atoms. The van der Waals surface area contributed by atoms with Gasteiger partial charge in [0.1, 0.15) is 7.85 Å². The standard InChI is InChI=1S/C12H9BBr2/c13-11-4-2-1-3-9(11)10-7-8(14)5-6-12(10)15/h1-7H,13H2. The molecule has 0 aromatic heterocycles. The van der Waals surface area contributed by atoms with Crippen LogP contribution in [0, 0.1) is 0 Å². The third-order valence-electron chi connectivity index (χ3n) is 2.36. The molecule has 0 fully saturated rings. The first-order valence-corrected chi connectivity index (χ1v) is 6.28. The van der Waals surface area contributed by atoms with Crippen LogP contribution in [0.3, 0.4) is 0 Å². The summed E-state index contributed by atoms with van der Waals surface area (Å²) in [6, 6.07) is 14.6. The quantitative estimate of drug-likeness (QED) is 0.707. The summed E-state index contributed by atoms with van der Waals surface area (Å²) in [5.74, 6) is 0. The molecule has 0 amide bonds. The molecule has 0 saturated carbocycles. The first kappa shape index (κ1) is 11.0. The largest absolute Gasteiger partial charge is 0.140 e. The second kappa shape index (κ2) is 4.54. The van der Waals surface area contributed by atoms with E-state index in [1.54, 1.807) is 0 Å². The zero-order valence-electron chi connectivity index (χ0n) is 8.30. The summed E-state index contributed by atoms with van der Waals surface area (Å²) in [4.78, 5) is 0. The predicted molar refractivity (Wildman–Crippen MR) is 75.5 cm³/mol. The van der Waals surface area contributed by atoms with Gasteiger partial charge in [-0.25, -0.2) is 0 Å². The summed E-state index contributed by atoms with van der Waals surface area (Å²) in [6.45, 7) is 0. The van der Waals surface area contributed by atoms with Crippen LogP contribution in [-0.2, 0) is 0 Å². The van der Waals surface area contributed by atoms with E-state index in [1.165, 1.54) is 16.6 Å². The van der Waals surface area contributed by atoms with Crippen LogP contribution >= 0.6 is 31.9 Å². The van der Waals surface area contributed by atoms with E-state index in [0.29, 0.717) is 0 Å². The highest BCUT2D eigenvalue weighted by molar-refractivity contribution is 9.11. The minimum atomic E-state index is 1.10. The molecule has 0 bridgehead atoms. The minimum absolute atomic E-state index is 1.10. The zero-order chi connectivity index (χ0) is 10.8. The first-order valence-electron chi connectivity index (χ1n) is 4.69. The number of benzene rings is 2. The second-order valence-corrected chi connectivity index (χ2v) is 5.21. The van der Waals surface area contributed by atoms with E-state index in [-0.39, 0.29) is 0 Å². The van der Waals surface area contributed by atoms with Crippen molar-refractivity contribution in [2.75, 3.05) is 0 Å². The molecule has 0 aliphatic carbocycles. The fourth-order valence-corrected chi connectivity index (χ4v) is 2.40. The molecule has 0 saturated heterocycles. The van der Waals surface area contributed by atoms with Crippen LogP contribution in [0.1, 0.15) is 0 Å². The van der Waals surface area contributed by atoms with Crippen molar-refractivity contribution in [2.45, 2.75) is 0 Å². The van der Waals surface area contributed by atoms with Gasteiger partial charge in [-0.3, -0.25) is 0 Å². The van der Waals surface area contributed by atoms with E-state index in [4.69, 9.17) is 0 Å². The Bertz CT molecular complexity index is 495. The Morgan fingerprint density at radius 3 is 2.33 bits per heavy atom. The average Bonchev–Trinajstić information content (AvgIpc) is 2.23. The molecule has 0 aliphatic heterocycles. The van der Waals surface area contributed by atoms with Gasteiger partial charge in [0.15, 0.2) is 0 Å². The molecular formula is C12H9BBr2. The van der Waals surface area contributed by atoms with Gasteiger partial charge in [0.2, 0.25) is 0 Å². The van der Waals surface area contributed by atoms with Crippen molar-refractivity contribution in [2.24, 2.45) is 0 Å². The molecule has 2 aromatic rings. The molecule has 74 valence electrons. The fourth-order valence-electron chi connectivity index (χ4n) is 1.58. The van der Waals surface area contributed by atoms with Crippen molar-refractivity contribution in [3.8, 4) is 11.1 Å². The lowest BCUT2D eigenvalue weighted by Gasteiger charge is -2.08. The van der Waals surface area contributed by atoms with Gasteiger partial charge in [0.25, 0.3) is 0 Å². The summed E-state index contributed by atoms with van der Waals surface area (Å²) < 4.78 is 2.23. The maximum atomic E-state index is 3.58. The summed E-state index contributed by atoms with van der Waals surface area (Å²) >= 11 is 7.08. The van der Waals surface area contributed by atoms with Crippen LogP contribution in [0.4, 0.5) is 0 Å². The lowest BCUT2D eigenvalue weighted by molar-refractivity contribution is 1.57. The molecule has 0 nitrogen and oxygen atoms in total. The Balaban J connectivity index is 2.64. The average molecular weight is 324 g/mol. The highest BCUT2D eigenvalue weighted by Crippen LogP contribution is 2.29. The molecule has 0 heterocycles. The Morgan fingerprint density at radius 1 is 0.867 bits per heavy atom. The van der Waals surface area contributed by atoms with Crippen molar-refractivity contribution >= 4 is 45.2 Å². The van der Waals surface area contributed by atoms with Crippen LogP contribution in [0.5, 0.6) is 0 Å². The van der Waals surface area contributed by atoms with E-state index in [0.717, 1.165) is 8.95 Å². The smallest absolute Gasteiger partial charge is 0.0812 e. The van der Waals surface area contributed by atoms with Crippen LogP contribution in [-0.4, -0.2) is 7.85 Å². The van der Waals surface area contributed by atoms with Gasteiger partial charge < -0.3 is 0 Å². The summed E-state index contributed by atoms with van der Waals surface area (Å²) in [7, 11) is 2.13. The van der Waals surface area contributed by atoms with E-state index in [1.807, 2.05) is 6.07 Å². The van der Waals surface area contributed by atoms with Gasteiger partial charge in [0, 0.05) is 8.95 Å². The Kier molecular flexibility index (Phi) is 3.32. The van der Waals surface area contributed by atoms with Gasteiger partial charge in [-0.05, 0) is 29.3 Å². The molecular weight excluding hydrogens is 315 g/mol. The summed E-state index contributed by atoms with van der Waals surface area (Å²) in [5, 5.41) is 0. The molecule has 0 aliphatic rings. The van der Waals surface area contributed by atoms with Crippen molar-refractivity contribution in [1.82, 2.24) is 0 Å². The Hall–Kier alpha value is -0.535. The number of halogens is 2. The third-order valence-corrected chi connectivity index (χ3v) is 3.55. The van der Waals surface area contributed by atoms with Gasteiger partial charge in [-0.15, -0.1) is 0 Å². The third kappa shape index (κ3) is 2.35. The number of rotatable bonds is 1. The zero-order valence-corrected chi connectivity index (χ0v) is 11.5. The monoisotopic (exact) mass is 322 g/mol. The second-order valence-electron chi connectivity index (χ2n) is 3.44. The van der Waals surface area contributed by atoms with E-state index >= 15 is 0 Å². The molecule has 0 unspecified atom stereocenters. The topological polar surface area (TPSA) is 0 Å². The van der Waals surface area contributed by atoms with Gasteiger partial charge >= 0.3 is 0 Å². The maximum absolute atomic E-state index is 3.58. The van der Waals surface area contributed by atoms with Gasteiger partial charge in [-0.1, -0.05) is 61.6 Å². The Labute approximate surface area is 107 Å². The molecule has 0 radical (unpaired) electrons. The number of hydrogen-bond donors (Lipinski definition) is 0. The van der Waals surface area contributed by atoms with Crippen molar-refractivity contribution in [3.63, 3.8) is 0 Å². The molecule has 2 rings (SSSR count). The molecule has 0 spiro atoms. The Morgan fingerprint density at radius 2 is 1.60 bits per heavy atom. The van der Waals surface area contributed by atoms with E-state index < -0.39 is 0 Å². The van der Waals surface area contributed by atoms with Crippen LogP contribution in [0.25, 0.3) is 11.1 Å². The minimum Gasteiger partial charge on any atom is -0.0812 e.